The highest BCUT2D eigenvalue weighted by Crippen LogP contribution is 2.28. The van der Waals surface area contributed by atoms with Crippen molar-refractivity contribution in [3.8, 4) is 5.75 Å². The first-order valence-electron chi connectivity index (χ1n) is 5.46. The number of halogens is 2. The lowest BCUT2D eigenvalue weighted by molar-refractivity contribution is 0.103. The van der Waals surface area contributed by atoms with Crippen molar-refractivity contribution in [3.63, 3.8) is 0 Å². The lowest BCUT2D eigenvalue weighted by Gasteiger charge is -2.09. The van der Waals surface area contributed by atoms with Crippen molar-refractivity contribution in [3.05, 3.63) is 57.0 Å². The monoisotopic (exact) mass is 339 g/mol. The number of hydrogen-bond donors (Lipinski definition) is 1. The van der Waals surface area contributed by atoms with Gasteiger partial charge in [-0.25, -0.2) is 0 Å². The maximum absolute atomic E-state index is 12.5. The molecule has 5 heteroatoms. The van der Waals surface area contributed by atoms with Crippen molar-refractivity contribution < 1.29 is 9.53 Å². The van der Waals surface area contributed by atoms with Crippen LogP contribution in [0.5, 0.6) is 5.75 Å². The summed E-state index contributed by atoms with van der Waals surface area (Å²) in [5.74, 6) is 0.280. The largest absolute Gasteiger partial charge is 0.496 e. The third kappa shape index (κ3) is 2.91. The second-order valence-corrected chi connectivity index (χ2v) is 5.20. The SMILES string of the molecule is COc1ccc(Cl)cc1C(=O)c1cc(N)ccc1Br. The van der Waals surface area contributed by atoms with Gasteiger partial charge in [-0.1, -0.05) is 27.5 Å². The van der Waals surface area contributed by atoms with Crippen molar-refractivity contribution in [1.82, 2.24) is 0 Å². The van der Waals surface area contributed by atoms with E-state index in [-0.39, 0.29) is 5.78 Å². The first-order chi connectivity index (χ1) is 9.02. The van der Waals surface area contributed by atoms with Crippen LogP contribution in [0.4, 0.5) is 5.69 Å². The van der Waals surface area contributed by atoms with Crippen molar-refractivity contribution in [1.29, 1.82) is 0 Å². The summed E-state index contributed by atoms with van der Waals surface area (Å²) in [5, 5.41) is 0.476. The smallest absolute Gasteiger partial charge is 0.198 e. The molecule has 0 spiro atoms. The summed E-state index contributed by atoms with van der Waals surface area (Å²) in [6, 6.07) is 9.99. The molecule has 0 aromatic heterocycles. The van der Waals surface area contributed by atoms with E-state index in [2.05, 4.69) is 15.9 Å². The van der Waals surface area contributed by atoms with Crippen LogP contribution in [0.15, 0.2) is 40.9 Å². The minimum atomic E-state index is -0.196. The molecule has 0 unspecified atom stereocenters. The van der Waals surface area contributed by atoms with Crippen molar-refractivity contribution in [2.24, 2.45) is 0 Å². The zero-order valence-electron chi connectivity index (χ0n) is 10.1. The van der Waals surface area contributed by atoms with Gasteiger partial charge in [-0.05, 0) is 36.4 Å². The summed E-state index contributed by atoms with van der Waals surface area (Å²) in [6.45, 7) is 0. The molecule has 2 aromatic rings. The Morgan fingerprint density at radius 3 is 2.63 bits per heavy atom. The highest BCUT2D eigenvalue weighted by atomic mass is 79.9. The zero-order valence-corrected chi connectivity index (χ0v) is 12.5. The van der Waals surface area contributed by atoms with Crippen LogP contribution >= 0.6 is 27.5 Å². The van der Waals surface area contributed by atoms with E-state index in [1.54, 1.807) is 36.4 Å². The van der Waals surface area contributed by atoms with Crippen LogP contribution in [-0.2, 0) is 0 Å². The Bertz CT molecular complexity index is 643. The number of ketones is 1. The van der Waals surface area contributed by atoms with Gasteiger partial charge in [0.15, 0.2) is 5.78 Å². The van der Waals surface area contributed by atoms with Gasteiger partial charge < -0.3 is 10.5 Å². The third-order valence-electron chi connectivity index (χ3n) is 2.64. The highest BCUT2D eigenvalue weighted by Gasteiger charge is 2.17. The molecule has 0 bridgehead atoms. The number of ether oxygens (including phenoxy) is 1. The van der Waals surface area contributed by atoms with Gasteiger partial charge in [0.1, 0.15) is 5.75 Å². The van der Waals surface area contributed by atoms with E-state index in [4.69, 9.17) is 22.1 Å². The number of carbonyl (C=O) groups is 1. The third-order valence-corrected chi connectivity index (χ3v) is 3.57. The number of nitrogen functional groups attached to an aromatic ring is 1. The normalized spacial score (nSPS) is 10.3. The molecule has 3 nitrogen and oxygen atoms in total. The summed E-state index contributed by atoms with van der Waals surface area (Å²) < 4.78 is 5.86. The van der Waals surface area contributed by atoms with E-state index in [1.165, 1.54) is 7.11 Å². The van der Waals surface area contributed by atoms with E-state index in [9.17, 15) is 4.79 Å². The Hall–Kier alpha value is -1.52. The second kappa shape index (κ2) is 5.63. The van der Waals surface area contributed by atoms with Crippen LogP contribution in [0.3, 0.4) is 0 Å². The lowest BCUT2D eigenvalue weighted by Crippen LogP contribution is -2.05. The summed E-state index contributed by atoms with van der Waals surface area (Å²) in [4.78, 5) is 12.5. The van der Waals surface area contributed by atoms with Gasteiger partial charge in [-0.2, -0.15) is 0 Å². The minimum Gasteiger partial charge on any atom is -0.496 e. The molecule has 0 aliphatic rings. The quantitative estimate of drug-likeness (QED) is 0.680. The van der Waals surface area contributed by atoms with Crippen LogP contribution < -0.4 is 10.5 Å². The van der Waals surface area contributed by atoms with E-state index in [0.717, 1.165) is 0 Å². The number of hydrogen-bond acceptors (Lipinski definition) is 3. The van der Waals surface area contributed by atoms with Crippen molar-refractivity contribution >= 4 is 39.0 Å². The Morgan fingerprint density at radius 2 is 1.95 bits per heavy atom. The van der Waals surface area contributed by atoms with E-state index in [1.807, 2.05) is 0 Å². The number of benzene rings is 2. The first-order valence-corrected chi connectivity index (χ1v) is 6.63. The summed E-state index contributed by atoms with van der Waals surface area (Å²) in [7, 11) is 1.51. The number of methoxy groups -OCH3 is 1. The maximum atomic E-state index is 12.5. The fourth-order valence-electron chi connectivity index (χ4n) is 1.72. The van der Waals surface area contributed by atoms with Crippen LogP contribution in [0.2, 0.25) is 5.02 Å². The van der Waals surface area contributed by atoms with E-state index >= 15 is 0 Å². The molecular formula is C14H11BrClNO2. The number of anilines is 1. The van der Waals surface area contributed by atoms with Gasteiger partial charge >= 0.3 is 0 Å². The van der Waals surface area contributed by atoms with Crippen LogP contribution in [-0.4, -0.2) is 12.9 Å². The molecule has 0 aliphatic heterocycles. The molecule has 0 saturated carbocycles. The molecule has 0 heterocycles. The molecule has 0 radical (unpaired) electrons. The van der Waals surface area contributed by atoms with Gasteiger partial charge in [0.05, 0.1) is 12.7 Å². The Balaban J connectivity index is 2.55. The Kier molecular flexibility index (Phi) is 4.12. The Labute approximate surface area is 124 Å². The second-order valence-electron chi connectivity index (χ2n) is 3.91. The molecule has 2 N–H and O–H groups in total. The molecule has 2 rings (SSSR count). The molecule has 0 fully saturated rings. The van der Waals surface area contributed by atoms with Gasteiger partial charge in [0, 0.05) is 20.7 Å². The molecule has 0 aliphatic carbocycles. The van der Waals surface area contributed by atoms with Gasteiger partial charge in [0.25, 0.3) is 0 Å². The summed E-state index contributed by atoms with van der Waals surface area (Å²) in [6.07, 6.45) is 0. The minimum absolute atomic E-state index is 0.196. The van der Waals surface area contributed by atoms with Gasteiger partial charge in [-0.15, -0.1) is 0 Å². The molecule has 0 saturated heterocycles. The van der Waals surface area contributed by atoms with Crippen LogP contribution in [0, 0.1) is 0 Å². The van der Waals surface area contributed by atoms with E-state index in [0.29, 0.717) is 32.1 Å². The highest BCUT2D eigenvalue weighted by molar-refractivity contribution is 9.10. The number of nitrogens with two attached hydrogens (primary N) is 1. The molecule has 0 atom stereocenters. The van der Waals surface area contributed by atoms with Gasteiger partial charge in [0.2, 0.25) is 0 Å². The standard InChI is InChI=1S/C14H11BrClNO2/c1-19-13-5-2-8(16)6-11(13)14(18)10-7-9(17)3-4-12(10)15/h2-7H,17H2,1H3. The lowest BCUT2D eigenvalue weighted by atomic mass is 10.0. The molecule has 2 aromatic carbocycles. The molecule has 0 amide bonds. The van der Waals surface area contributed by atoms with E-state index < -0.39 is 0 Å². The average Bonchev–Trinajstić information content (AvgIpc) is 2.40. The van der Waals surface area contributed by atoms with Crippen LogP contribution in [0.25, 0.3) is 0 Å². The maximum Gasteiger partial charge on any atom is 0.198 e. The topological polar surface area (TPSA) is 52.3 Å². The van der Waals surface area contributed by atoms with Crippen molar-refractivity contribution in [2.75, 3.05) is 12.8 Å². The van der Waals surface area contributed by atoms with Gasteiger partial charge in [-0.3, -0.25) is 4.79 Å². The predicted molar refractivity (Wildman–Crippen MR) is 80.0 cm³/mol. The summed E-state index contributed by atoms with van der Waals surface area (Å²) >= 11 is 9.28. The fourth-order valence-corrected chi connectivity index (χ4v) is 2.32. The number of rotatable bonds is 3. The molecule has 19 heavy (non-hydrogen) atoms. The fraction of sp³-hybridized carbons (Fsp3) is 0.0714. The van der Waals surface area contributed by atoms with Crippen molar-refractivity contribution in [2.45, 2.75) is 0 Å². The first kappa shape index (κ1) is 13.9. The predicted octanol–water partition coefficient (Wildman–Crippen LogP) is 3.92. The molecular weight excluding hydrogens is 330 g/mol. The average molecular weight is 341 g/mol. The zero-order chi connectivity index (χ0) is 14.0. The molecule has 98 valence electrons. The Morgan fingerprint density at radius 1 is 1.21 bits per heavy atom. The van der Waals surface area contributed by atoms with Crippen LogP contribution in [0.1, 0.15) is 15.9 Å². The number of carbonyl (C=O) groups excluding carboxylic acids is 1. The summed E-state index contributed by atoms with van der Waals surface area (Å²) in [5.41, 5.74) is 7.11.